The Morgan fingerprint density at radius 1 is 1.12 bits per heavy atom. The molecule has 0 atom stereocenters. The van der Waals surface area contributed by atoms with Gasteiger partial charge in [-0.05, 0) is 38.8 Å². The average molecular weight is 356 g/mol. The molecule has 1 aromatic rings. The van der Waals surface area contributed by atoms with E-state index in [0.717, 1.165) is 32.6 Å². The molecular formula is C17H29N3O3S. The van der Waals surface area contributed by atoms with Crippen molar-refractivity contribution in [3.05, 3.63) is 30.3 Å². The van der Waals surface area contributed by atoms with Crippen molar-refractivity contribution in [1.29, 1.82) is 0 Å². The number of aliphatic imine (C=N–C) groups is 1. The Kier molecular flexibility index (Phi) is 10.1. The fourth-order valence-electron chi connectivity index (χ4n) is 2.04. The SMILES string of the molecule is CCNC(=NCCCCOCC)NCCS(=O)(=O)c1ccccc1. The highest BCUT2D eigenvalue weighted by molar-refractivity contribution is 7.91. The summed E-state index contributed by atoms with van der Waals surface area (Å²) in [6, 6.07) is 8.50. The molecule has 2 N–H and O–H groups in total. The first-order valence-corrected chi connectivity index (χ1v) is 10.1. The molecule has 0 aliphatic carbocycles. The van der Waals surface area contributed by atoms with E-state index >= 15 is 0 Å². The van der Waals surface area contributed by atoms with Crippen LogP contribution in [0.1, 0.15) is 26.7 Å². The van der Waals surface area contributed by atoms with Gasteiger partial charge in [0.15, 0.2) is 15.8 Å². The van der Waals surface area contributed by atoms with Gasteiger partial charge in [0.2, 0.25) is 0 Å². The van der Waals surface area contributed by atoms with E-state index in [9.17, 15) is 8.42 Å². The van der Waals surface area contributed by atoms with Gasteiger partial charge in [0.25, 0.3) is 0 Å². The molecule has 0 aliphatic rings. The van der Waals surface area contributed by atoms with E-state index in [0.29, 0.717) is 23.9 Å². The molecule has 1 aromatic carbocycles. The molecule has 0 saturated heterocycles. The molecule has 0 aliphatic heterocycles. The number of sulfone groups is 1. The highest BCUT2D eigenvalue weighted by atomic mass is 32.2. The number of benzene rings is 1. The predicted octanol–water partition coefficient (Wildman–Crippen LogP) is 1.83. The van der Waals surface area contributed by atoms with Gasteiger partial charge in [0, 0.05) is 32.8 Å². The summed E-state index contributed by atoms with van der Waals surface area (Å²) >= 11 is 0. The topological polar surface area (TPSA) is 79.8 Å². The molecule has 0 radical (unpaired) electrons. The Morgan fingerprint density at radius 2 is 1.88 bits per heavy atom. The number of nitrogens with zero attached hydrogens (tertiary/aromatic N) is 1. The van der Waals surface area contributed by atoms with Gasteiger partial charge in [-0.25, -0.2) is 8.42 Å². The first kappa shape index (κ1) is 20.4. The van der Waals surface area contributed by atoms with Crippen LogP contribution in [-0.2, 0) is 14.6 Å². The summed E-state index contributed by atoms with van der Waals surface area (Å²) in [6.45, 7) is 7.20. The van der Waals surface area contributed by atoms with Gasteiger partial charge in [0.05, 0.1) is 10.6 Å². The Bertz CT molecular complexity index is 574. The van der Waals surface area contributed by atoms with Crippen molar-refractivity contribution in [3.63, 3.8) is 0 Å². The second-order valence-corrected chi connectivity index (χ2v) is 7.33. The average Bonchev–Trinajstić information content (AvgIpc) is 2.58. The van der Waals surface area contributed by atoms with Crippen LogP contribution in [0.4, 0.5) is 0 Å². The number of guanidine groups is 1. The lowest BCUT2D eigenvalue weighted by Gasteiger charge is -2.11. The molecular weight excluding hydrogens is 326 g/mol. The maximum absolute atomic E-state index is 12.2. The molecule has 0 saturated carbocycles. The maximum atomic E-state index is 12.2. The van der Waals surface area contributed by atoms with Crippen molar-refractivity contribution in [3.8, 4) is 0 Å². The minimum atomic E-state index is -3.27. The molecule has 0 spiro atoms. The molecule has 136 valence electrons. The third-order valence-corrected chi connectivity index (χ3v) is 5.01. The van der Waals surface area contributed by atoms with E-state index in [1.807, 2.05) is 13.8 Å². The Hall–Kier alpha value is -1.60. The lowest BCUT2D eigenvalue weighted by atomic mass is 10.3. The van der Waals surface area contributed by atoms with E-state index in [1.165, 1.54) is 0 Å². The maximum Gasteiger partial charge on any atom is 0.191 e. The zero-order valence-electron chi connectivity index (χ0n) is 14.6. The molecule has 0 bridgehead atoms. The van der Waals surface area contributed by atoms with Crippen LogP contribution < -0.4 is 10.6 Å². The minimum Gasteiger partial charge on any atom is -0.382 e. The largest absolute Gasteiger partial charge is 0.382 e. The van der Waals surface area contributed by atoms with Crippen LogP contribution in [0, 0.1) is 0 Å². The molecule has 0 unspecified atom stereocenters. The Labute approximate surface area is 145 Å². The van der Waals surface area contributed by atoms with Crippen molar-refractivity contribution in [2.24, 2.45) is 4.99 Å². The smallest absolute Gasteiger partial charge is 0.191 e. The number of hydrogen-bond donors (Lipinski definition) is 2. The normalized spacial score (nSPS) is 12.2. The van der Waals surface area contributed by atoms with E-state index in [2.05, 4.69) is 15.6 Å². The number of nitrogens with one attached hydrogen (secondary N) is 2. The first-order chi connectivity index (χ1) is 11.6. The van der Waals surface area contributed by atoms with Gasteiger partial charge in [-0.2, -0.15) is 0 Å². The number of rotatable bonds is 11. The van der Waals surface area contributed by atoms with Crippen molar-refractivity contribution in [2.75, 3.05) is 38.6 Å². The molecule has 0 aromatic heterocycles. The molecule has 7 heteroatoms. The predicted molar refractivity (Wildman–Crippen MR) is 98.2 cm³/mol. The quantitative estimate of drug-likeness (QED) is 0.360. The molecule has 6 nitrogen and oxygen atoms in total. The highest BCUT2D eigenvalue weighted by Gasteiger charge is 2.13. The van der Waals surface area contributed by atoms with Gasteiger partial charge in [-0.3, -0.25) is 4.99 Å². The molecule has 24 heavy (non-hydrogen) atoms. The molecule has 1 rings (SSSR count). The lowest BCUT2D eigenvalue weighted by Crippen LogP contribution is -2.39. The van der Waals surface area contributed by atoms with Crippen molar-refractivity contribution in [1.82, 2.24) is 10.6 Å². The molecule has 0 fully saturated rings. The van der Waals surface area contributed by atoms with Gasteiger partial charge >= 0.3 is 0 Å². The van der Waals surface area contributed by atoms with E-state index < -0.39 is 9.84 Å². The molecule has 0 amide bonds. The third-order valence-electron chi connectivity index (χ3n) is 3.28. The minimum absolute atomic E-state index is 0.0335. The van der Waals surface area contributed by atoms with Crippen LogP contribution in [0.5, 0.6) is 0 Å². The fourth-order valence-corrected chi connectivity index (χ4v) is 3.22. The highest BCUT2D eigenvalue weighted by Crippen LogP contribution is 2.09. The summed E-state index contributed by atoms with van der Waals surface area (Å²) in [5, 5.41) is 6.20. The summed E-state index contributed by atoms with van der Waals surface area (Å²) in [6.07, 6.45) is 1.91. The summed E-state index contributed by atoms with van der Waals surface area (Å²) in [5.74, 6) is 0.684. The lowest BCUT2D eigenvalue weighted by molar-refractivity contribution is 0.144. The second-order valence-electron chi connectivity index (χ2n) is 5.22. The third kappa shape index (κ3) is 8.31. The van der Waals surface area contributed by atoms with Crippen LogP contribution in [0.25, 0.3) is 0 Å². The van der Waals surface area contributed by atoms with Crippen molar-refractivity contribution >= 4 is 15.8 Å². The zero-order valence-corrected chi connectivity index (χ0v) is 15.4. The van der Waals surface area contributed by atoms with E-state index in [4.69, 9.17) is 4.74 Å². The van der Waals surface area contributed by atoms with Crippen LogP contribution in [0.15, 0.2) is 40.2 Å². The van der Waals surface area contributed by atoms with Crippen LogP contribution in [0.3, 0.4) is 0 Å². The van der Waals surface area contributed by atoms with Crippen molar-refractivity contribution < 1.29 is 13.2 Å². The first-order valence-electron chi connectivity index (χ1n) is 8.48. The standard InChI is InChI=1S/C17H29N3O3S/c1-3-18-17(19-12-8-9-14-23-4-2)20-13-15-24(21,22)16-10-6-5-7-11-16/h5-7,10-11H,3-4,8-9,12-15H2,1-2H3,(H2,18,19,20). The van der Waals surface area contributed by atoms with Gasteiger partial charge in [0.1, 0.15) is 0 Å². The Balaban J connectivity index is 2.40. The van der Waals surface area contributed by atoms with Crippen LogP contribution >= 0.6 is 0 Å². The van der Waals surface area contributed by atoms with Crippen LogP contribution in [-0.4, -0.2) is 53.0 Å². The number of hydrogen-bond acceptors (Lipinski definition) is 4. The summed E-state index contributed by atoms with van der Waals surface area (Å²) in [5.41, 5.74) is 0. The summed E-state index contributed by atoms with van der Waals surface area (Å²) < 4.78 is 29.7. The summed E-state index contributed by atoms with van der Waals surface area (Å²) in [4.78, 5) is 4.80. The van der Waals surface area contributed by atoms with E-state index in [1.54, 1.807) is 30.3 Å². The number of unbranched alkanes of at least 4 members (excludes halogenated alkanes) is 1. The Morgan fingerprint density at radius 3 is 2.54 bits per heavy atom. The second kappa shape index (κ2) is 11.9. The molecule has 0 heterocycles. The summed E-state index contributed by atoms with van der Waals surface area (Å²) in [7, 11) is -3.27. The van der Waals surface area contributed by atoms with Crippen molar-refractivity contribution in [2.45, 2.75) is 31.6 Å². The van der Waals surface area contributed by atoms with E-state index in [-0.39, 0.29) is 5.75 Å². The number of ether oxygens (including phenoxy) is 1. The van der Waals surface area contributed by atoms with Gasteiger partial charge in [-0.15, -0.1) is 0 Å². The monoisotopic (exact) mass is 355 g/mol. The van der Waals surface area contributed by atoms with Gasteiger partial charge in [-0.1, -0.05) is 18.2 Å². The fraction of sp³-hybridized carbons (Fsp3) is 0.588. The van der Waals surface area contributed by atoms with Gasteiger partial charge < -0.3 is 15.4 Å². The zero-order chi connectivity index (χ0) is 17.7. The van der Waals surface area contributed by atoms with Crippen LogP contribution in [0.2, 0.25) is 0 Å².